The fourth-order valence-electron chi connectivity index (χ4n) is 2.95. The first kappa shape index (κ1) is 15.3. The van der Waals surface area contributed by atoms with E-state index in [-0.39, 0.29) is 5.41 Å². The molecule has 3 heteroatoms. The zero-order valence-corrected chi connectivity index (χ0v) is 13.6. The SMILES string of the molecule is CNC(C)C1CCCCN1c1ccc(C(C)(C)C)cn1. The van der Waals surface area contributed by atoms with E-state index in [4.69, 9.17) is 4.98 Å². The van der Waals surface area contributed by atoms with Gasteiger partial charge in [0.1, 0.15) is 5.82 Å². The average Bonchev–Trinajstić information content (AvgIpc) is 2.45. The van der Waals surface area contributed by atoms with Crippen molar-refractivity contribution in [3.05, 3.63) is 23.9 Å². The van der Waals surface area contributed by atoms with Gasteiger partial charge in [0, 0.05) is 24.8 Å². The highest BCUT2D eigenvalue weighted by Gasteiger charge is 2.27. The number of aromatic nitrogens is 1. The number of rotatable bonds is 3. The quantitative estimate of drug-likeness (QED) is 0.917. The molecule has 0 amide bonds. The van der Waals surface area contributed by atoms with Crippen molar-refractivity contribution in [3.63, 3.8) is 0 Å². The zero-order valence-electron chi connectivity index (χ0n) is 13.6. The van der Waals surface area contributed by atoms with Crippen molar-refractivity contribution in [1.29, 1.82) is 0 Å². The maximum atomic E-state index is 4.73. The molecule has 112 valence electrons. The Balaban J connectivity index is 2.20. The molecule has 1 N–H and O–H groups in total. The number of hydrogen-bond acceptors (Lipinski definition) is 3. The van der Waals surface area contributed by atoms with Gasteiger partial charge in [-0.25, -0.2) is 4.98 Å². The smallest absolute Gasteiger partial charge is 0.128 e. The number of piperidine rings is 1. The molecule has 2 rings (SSSR count). The summed E-state index contributed by atoms with van der Waals surface area (Å²) >= 11 is 0. The van der Waals surface area contributed by atoms with E-state index in [0.717, 1.165) is 12.4 Å². The summed E-state index contributed by atoms with van der Waals surface area (Å²) in [6.45, 7) is 10.1. The lowest BCUT2D eigenvalue weighted by atomic mass is 9.88. The van der Waals surface area contributed by atoms with E-state index >= 15 is 0 Å². The van der Waals surface area contributed by atoms with Crippen molar-refractivity contribution in [1.82, 2.24) is 10.3 Å². The second kappa shape index (κ2) is 6.13. The Kier molecular flexibility index (Phi) is 4.69. The maximum Gasteiger partial charge on any atom is 0.128 e. The lowest BCUT2D eigenvalue weighted by Gasteiger charge is -2.40. The van der Waals surface area contributed by atoms with Crippen LogP contribution in [0.1, 0.15) is 52.5 Å². The molecule has 0 radical (unpaired) electrons. The topological polar surface area (TPSA) is 28.2 Å². The number of hydrogen-bond donors (Lipinski definition) is 1. The van der Waals surface area contributed by atoms with Gasteiger partial charge in [-0.3, -0.25) is 0 Å². The van der Waals surface area contributed by atoms with E-state index in [1.807, 2.05) is 13.2 Å². The number of pyridine rings is 1. The monoisotopic (exact) mass is 275 g/mol. The third-order valence-corrected chi connectivity index (χ3v) is 4.49. The fraction of sp³-hybridized carbons (Fsp3) is 0.706. The van der Waals surface area contributed by atoms with E-state index in [1.54, 1.807) is 0 Å². The van der Waals surface area contributed by atoms with Gasteiger partial charge >= 0.3 is 0 Å². The van der Waals surface area contributed by atoms with Crippen LogP contribution in [0.4, 0.5) is 5.82 Å². The predicted octanol–water partition coefficient (Wildman–Crippen LogP) is 3.35. The van der Waals surface area contributed by atoms with Gasteiger partial charge in [-0.05, 0) is 50.3 Å². The van der Waals surface area contributed by atoms with Crippen LogP contribution in [0.25, 0.3) is 0 Å². The molecule has 1 aliphatic rings. The molecule has 0 aromatic carbocycles. The molecule has 20 heavy (non-hydrogen) atoms. The molecular formula is C17H29N3. The molecule has 1 aromatic heterocycles. The van der Waals surface area contributed by atoms with E-state index < -0.39 is 0 Å². The minimum absolute atomic E-state index is 0.172. The first-order chi connectivity index (χ1) is 9.43. The molecule has 0 spiro atoms. The molecule has 3 nitrogen and oxygen atoms in total. The van der Waals surface area contributed by atoms with Crippen molar-refractivity contribution in [2.24, 2.45) is 0 Å². The lowest BCUT2D eigenvalue weighted by molar-refractivity contribution is 0.380. The van der Waals surface area contributed by atoms with Gasteiger partial charge in [-0.1, -0.05) is 26.8 Å². The van der Waals surface area contributed by atoms with Gasteiger partial charge < -0.3 is 10.2 Å². The van der Waals surface area contributed by atoms with E-state index in [1.165, 1.54) is 24.8 Å². The molecular weight excluding hydrogens is 246 g/mol. The first-order valence-corrected chi connectivity index (χ1v) is 7.84. The van der Waals surface area contributed by atoms with Crippen LogP contribution in [-0.4, -0.2) is 30.7 Å². The van der Waals surface area contributed by atoms with Gasteiger partial charge in [0.15, 0.2) is 0 Å². The molecule has 1 aromatic rings. The Morgan fingerprint density at radius 1 is 1.30 bits per heavy atom. The highest BCUT2D eigenvalue weighted by Crippen LogP contribution is 2.27. The van der Waals surface area contributed by atoms with Crippen LogP contribution >= 0.6 is 0 Å². The largest absolute Gasteiger partial charge is 0.352 e. The minimum atomic E-state index is 0.172. The van der Waals surface area contributed by atoms with E-state index in [2.05, 4.69) is 50.0 Å². The molecule has 0 saturated carbocycles. The Hall–Kier alpha value is -1.09. The van der Waals surface area contributed by atoms with Crippen molar-refractivity contribution in [2.45, 2.75) is 64.5 Å². The van der Waals surface area contributed by atoms with Crippen LogP contribution in [0.2, 0.25) is 0 Å². The zero-order chi connectivity index (χ0) is 14.8. The number of nitrogens with one attached hydrogen (secondary N) is 1. The molecule has 1 saturated heterocycles. The number of anilines is 1. The van der Waals surface area contributed by atoms with Crippen LogP contribution in [-0.2, 0) is 5.41 Å². The third-order valence-electron chi connectivity index (χ3n) is 4.49. The summed E-state index contributed by atoms with van der Waals surface area (Å²) in [6, 6.07) is 5.49. The second-order valence-electron chi connectivity index (χ2n) is 6.99. The summed E-state index contributed by atoms with van der Waals surface area (Å²) in [5.41, 5.74) is 1.47. The molecule has 1 aliphatic heterocycles. The van der Waals surface area contributed by atoms with Crippen LogP contribution in [0.15, 0.2) is 18.3 Å². The first-order valence-electron chi connectivity index (χ1n) is 7.84. The lowest BCUT2D eigenvalue weighted by Crippen LogP contribution is -2.50. The average molecular weight is 275 g/mol. The molecule has 0 aliphatic carbocycles. The Labute approximate surface area is 123 Å². The molecule has 2 atom stereocenters. The standard InChI is InChI=1S/C17H29N3/c1-13(18-5)15-8-6-7-11-20(15)16-10-9-14(12-19-16)17(2,3)4/h9-10,12-13,15,18H,6-8,11H2,1-5H3. The van der Waals surface area contributed by atoms with Crippen LogP contribution in [0, 0.1) is 0 Å². The van der Waals surface area contributed by atoms with Crippen molar-refractivity contribution in [2.75, 3.05) is 18.5 Å². The van der Waals surface area contributed by atoms with Crippen LogP contribution in [0.3, 0.4) is 0 Å². The highest BCUT2D eigenvalue weighted by molar-refractivity contribution is 5.42. The summed E-state index contributed by atoms with van der Waals surface area (Å²) in [5, 5.41) is 3.40. The van der Waals surface area contributed by atoms with Gasteiger partial charge in [0.2, 0.25) is 0 Å². The molecule has 0 bridgehead atoms. The number of likely N-dealkylation sites (N-methyl/N-ethyl adjacent to an activating group) is 1. The highest BCUT2D eigenvalue weighted by atomic mass is 15.2. The van der Waals surface area contributed by atoms with Crippen molar-refractivity contribution < 1.29 is 0 Å². The van der Waals surface area contributed by atoms with Crippen LogP contribution in [0.5, 0.6) is 0 Å². The molecule has 1 fully saturated rings. The summed E-state index contributed by atoms with van der Waals surface area (Å²) < 4.78 is 0. The third kappa shape index (κ3) is 3.32. The van der Waals surface area contributed by atoms with Gasteiger partial charge in [-0.2, -0.15) is 0 Å². The second-order valence-corrected chi connectivity index (χ2v) is 6.99. The normalized spacial score (nSPS) is 21.9. The van der Waals surface area contributed by atoms with Gasteiger partial charge in [0.05, 0.1) is 0 Å². The molecule has 2 heterocycles. The predicted molar refractivity (Wildman–Crippen MR) is 86.4 cm³/mol. The Morgan fingerprint density at radius 2 is 2.05 bits per heavy atom. The summed E-state index contributed by atoms with van der Waals surface area (Å²) in [6.07, 6.45) is 5.90. The Morgan fingerprint density at radius 3 is 2.60 bits per heavy atom. The van der Waals surface area contributed by atoms with Gasteiger partial charge in [-0.15, -0.1) is 0 Å². The van der Waals surface area contributed by atoms with Crippen molar-refractivity contribution in [3.8, 4) is 0 Å². The number of nitrogens with zero attached hydrogens (tertiary/aromatic N) is 2. The minimum Gasteiger partial charge on any atom is -0.352 e. The summed E-state index contributed by atoms with van der Waals surface area (Å²) in [4.78, 5) is 7.22. The Bertz CT molecular complexity index is 419. The van der Waals surface area contributed by atoms with E-state index in [9.17, 15) is 0 Å². The summed E-state index contributed by atoms with van der Waals surface area (Å²) in [7, 11) is 2.05. The van der Waals surface area contributed by atoms with Crippen LogP contribution < -0.4 is 10.2 Å². The van der Waals surface area contributed by atoms with E-state index in [0.29, 0.717) is 12.1 Å². The maximum absolute atomic E-state index is 4.73. The molecule has 2 unspecified atom stereocenters. The fourth-order valence-corrected chi connectivity index (χ4v) is 2.95. The van der Waals surface area contributed by atoms with Gasteiger partial charge in [0.25, 0.3) is 0 Å². The van der Waals surface area contributed by atoms with Crippen molar-refractivity contribution >= 4 is 5.82 Å². The summed E-state index contributed by atoms with van der Waals surface area (Å²) in [5.74, 6) is 1.13.